The van der Waals surface area contributed by atoms with Crippen LogP contribution in [0.15, 0.2) is 29.2 Å². The first-order valence-electron chi connectivity index (χ1n) is 3.11. The van der Waals surface area contributed by atoms with E-state index in [-0.39, 0.29) is 0 Å². The summed E-state index contributed by atoms with van der Waals surface area (Å²) in [5.74, 6) is -0.654. The lowest BCUT2D eigenvalue weighted by atomic mass is 10.2. The number of carboxylic acids is 1. The van der Waals surface area contributed by atoms with Gasteiger partial charge in [0.05, 0.1) is 5.56 Å². The molecule has 0 radical (unpaired) electrons. The van der Waals surface area contributed by atoms with Crippen LogP contribution in [-0.4, -0.2) is 11.1 Å². The lowest BCUT2D eigenvalue weighted by Gasteiger charge is -1.92. The Morgan fingerprint density at radius 2 is 2.10 bits per heavy atom. The maximum absolute atomic E-state index is 10.7. The van der Waals surface area contributed by atoms with Gasteiger partial charge in [-0.2, -0.15) is 0 Å². The smallest absolute Gasteiger partial charge is 0.335 e. The summed E-state index contributed by atoms with van der Waals surface area (Å²) in [4.78, 5) is 11.5. The van der Waals surface area contributed by atoms with E-state index in [1.165, 1.54) is 0 Å². The molecule has 0 unspecified atom stereocenters. The van der Waals surface area contributed by atoms with Crippen LogP contribution < -0.4 is 0 Å². The fraction of sp³-hybridized carbons (Fsp3) is 0. The summed E-state index contributed by atoms with van der Waals surface area (Å²) in [6, 6.07) is 6.43. The fourth-order valence-electron chi connectivity index (χ4n) is 0.598. The SMILES string of the molecule is [2H]OC(=O)c1ccc(S)cc1. The number of benzene rings is 1. The van der Waals surface area contributed by atoms with Crippen molar-refractivity contribution in [2.45, 2.75) is 4.90 Å². The zero-order valence-corrected chi connectivity index (χ0v) is 5.97. The number of hydrogen-bond acceptors (Lipinski definition) is 3. The van der Waals surface area contributed by atoms with E-state index in [0.717, 1.165) is 4.90 Å². The van der Waals surface area contributed by atoms with Crippen LogP contribution in [-0.2, 0) is 0 Å². The highest BCUT2D eigenvalue weighted by Gasteiger charge is 1.98. The third-order valence-corrected chi connectivity index (χ3v) is 1.40. The molecule has 1 aromatic rings. The van der Waals surface area contributed by atoms with Gasteiger partial charge < -0.3 is 5.11 Å². The maximum Gasteiger partial charge on any atom is 0.335 e. The van der Waals surface area contributed by atoms with Gasteiger partial charge >= 0.3 is 5.97 Å². The average molecular weight is 155 g/mol. The Balaban J connectivity index is 2.90. The van der Waals surface area contributed by atoms with Gasteiger partial charge in [-0.25, -0.2) is 4.79 Å². The molecule has 0 aliphatic heterocycles. The highest BCUT2D eigenvalue weighted by atomic mass is 32.1. The Kier molecular flexibility index (Phi) is 1.59. The van der Waals surface area contributed by atoms with Crippen LogP contribution in [0, 0.1) is 0 Å². The second-order valence-electron chi connectivity index (χ2n) is 1.83. The first-order chi connectivity index (χ1) is 5.24. The monoisotopic (exact) mass is 155 g/mol. The summed E-state index contributed by atoms with van der Waals surface area (Å²) in [5.41, 5.74) is 0.359. The van der Waals surface area contributed by atoms with Crippen LogP contribution in [0.25, 0.3) is 1.43 Å². The van der Waals surface area contributed by atoms with Crippen LogP contribution in [0.5, 0.6) is 0 Å². The summed E-state index contributed by atoms with van der Waals surface area (Å²) < 4.78 is 6.33. The van der Waals surface area contributed by atoms with E-state index in [1.807, 2.05) is 0 Å². The third-order valence-electron chi connectivity index (χ3n) is 1.10. The third kappa shape index (κ3) is 1.51. The second-order valence-corrected chi connectivity index (χ2v) is 2.35. The zero-order valence-electron chi connectivity index (χ0n) is 6.07. The van der Waals surface area contributed by atoms with E-state index in [2.05, 4.69) is 17.7 Å². The highest BCUT2D eigenvalue weighted by molar-refractivity contribution is 7.80. The first kappa shape index (κ1) is 5.80. The Hall–Kier alpha value is -0.960. The molecule has 0 heterocycles. The molecular weight excluding hydrogens is 148 g/mol. The minimum Gasteiger partial charge on any atom is -0.478 e. The van der Waals surface area contributed by atoms with Crippen molar-refractivity contribution in [3.05, 3.63) is 29.8 Å². The summed E-state index contributed by atoms with van der Waals surface area (Å²) >= 11 is 4.03. The van der Waals surface area contributed by atoms with Crippen molar-refractivity contribution in [2.75, 3.05) is 0 Å². The lowest BCUT2D eigenvalue weighted by molar-refractivity contribution is 0.0697. The molecule has 0 saturated heterocycles. The van der Waals surface area contributed by atoms with Gasteiger partial charge in [0.1, 0.15) is 0 Å². The molecule has 2 nitrogen and oxygen atoms in total. The zero-order chi connectivity index (χ0) is 8.27. The Labute approximate surface area is 65.4 Å². The Bertz CT molecular complexity index is 258. The number of aromatic carboxylic acids is 1. The molecular formula is C7H6O2S. The molecule has 0 aliphatic carbocycles. The maximum atomic E-state index is 10.7. The van der Waals surface area contributed by atoms with Crippen molar-refractivity contribution in [3.63, 3.8) is 0 Å². The molecule has 0 atom stereocenters. The minimum atomic E-state index is -0.654. The molecule has 10 heavy (non-hydrogen) atoms. The molecule has 1 N–H and O–H groups in total. The normalized spacial score (nSPS) is 10.3. The van der Waals surface area contributed by atoms with Gasteiger partial charge in [-0.05, 0) is 24.3 Å². The molecule has 52 valence electrons. The van der Waals surface area contributed by atoms with Gasteiger partial charge in [-0.1, -0.05) is 0 Å². The van der Waals surface area contributed by atoms with Gasteiger partial charge in [0.2, 0.25) is 0 Å². The van der Waals surface area contributed by atoms with Crippen LogP contribution in [0.2, 0.25) is 0 Å². The van der Waals surface area contributed by atoms with E-state index in [1.54, 1.807) is 24.3 Å². The minimum absolute atomic E-state index is 0.359. The molecule has 0 fully saturated rings. The van der Waals surface area contributed by atoms with Crippen molar-refractivity contribution < 1.29 is 9.90 Å². The van der Waals surface area contributed by atoms with Gasteiger partial charge in [0.15, 0.2) is 0 Å². The quantitative estimate of drug-likeness (QED) is 0.605. The number of hydrogen-bond donors (Lipinski definition) is 2. The second kappa shape index (κ2) is 2.75. The van der Waals surface area contributed by atoms with E-state index >= 15 is 0 Å². The van der Waals surface area contributed by atoms with E-state index in [0.29, 0.717) is 5.56 Å². The van der Waals surface area contributed by atoms with Gasteiger partial charge in [-0.3, -0.25) is 0 Å². The van der Waals surface area contributed by atoms with Crippen molar-refractivity contribution in [1.82, 2.24) is 0 Å². The van der Waals surface area contributed by atoms with Crippen molar-refractivity contribution in [1.29, 1.82) is 1.43 Å². The summed E-state index contributed by atoms with van der Waals surface area (Å²) in [6.45, 7) is 0. The van der Waals surface area contributed by atoms with E-state index < -0.39 is 5.97 Å². The molecule has 0 saturated carbocycles. The van der Waals surface area contributed by atoms with Gasteiger partial charge in [0, 0.05) is 4.90 Å². The molecule has 0 amide bonds. The predicted octanol–water partition coefficient (Wildman–Crippen LogP) is 1.67. The fourth-order valence-corrected chi connectivity index (χ4v) is 0.747. The Morgan fingerprint density at radius 1 is 1.50 bits per heavy atom. The van der Waals surface area contributed by atoms with Gasteiger partial charge in [0.25, 0.3) is 1.43 Å². The summed E-state index contributed by atoms with van der Waals surface area (Å²) in [6.07, 6.45) is 0. The number of thiol groups is 1. The van der Waals surface area contributed by atoms with Gasteiger partial charge in [-0.15, -0.1) is 12.6 Å². The summed E-state index contributed by atoms with van der Waals surface area (Å²) in [5, 5.41) is 3.76. The number of rotatable bonds is 1. The molecule has 3 heteroatoms. The van der Waals surface area contributed by atoms with Crippen molar-refractivity contribution >= 4 is 18.6 Å². The first-order valence-corrected chi connectivity index (χ1v) is 3.15. The number of carboxylic acid groups (broad SMARTS) is 1. The van der Waals surface area contributed by atoms with Crippen LogP contribution in [0.4, 0.5) is 0 Å². The Morgan fingerprint density at radius 3 is 2.60 bits per heavy atom. The van der Waals surface area contributed by atoms with E-state index in [4.69, 9.17) is 1.43 Å². The van der Waals surface area contributed by atoms with Crippen LogP contribution >= 0.6 is 12.6 Å². The average Bonchev–Trinajstić information content (AvgIpc) is 2.05. The largest absolute Gasteiger partial charge is 0.478 e. The molecule has 0 spiro atoms. The van der Waals surface area contributed by atoms with E-state index in [9.17, 15) is 4.79 Å². The lowest BCUT2D eigenvalue weighted by Crippen LogP contribution is -1.94. The van der Waals surface area contributed by atoms with Crippen molar-refractivity contribution in [3.8, 4) is 0 Å². The summed E-state index contributed by atoms with van der Waals surface area (Å²) in [7, 11) is 0. The number of carbonyl (C=O) groups is 1. The highest BCUT2D eigenvalue weighted by Crippen LogP contribution is 2.06. The topological polar surface area (TPSA) is 37.3 Å². The molecule has 1 aromatic carbocycles. The predicted molar refractivity (Wildman–Crippen MR) is 40.7 cm³/mol. The molecule has 0 aliphatic rings. The molecule has 1 rings (SSSR count). The van der Waals surface area contributed by atoms with Crippen molar-refractivity contribution in [2.24, 2.45) is 0 Å². The molecule has 0 bridgehead atoms. The molecule has 0 aromatic heterocycles. The standard InChI is InChI=1S/C7H6O2S/c8-7(9)5-1-3-6(10)4-2-5/h1-4,10H,(H,8,9)/i/hD. The van der Waals surface area contributed by atoms with Crippen LogP contribution in [0.3, 0.4) is 0 Å². The van der Waals surface area contributed by atoms with Crippen LogP contribution in [0.1, 0.15) is 10.4 Å².